The highest BCUT2D eigenvalue weighted by Gasteiger charge is 2.50. The van der Waals surface area contributed by atoms with Crippen LogP contribution < -0.4 is 4.74 Å². The minimum absolute atomic E-state index is 0.0834. The number of esters is 2. The van der Waals surface area contributed by atoms with Crippen LogP contribution in [0.25, 0.3) is 0 Å². The number of hydrogen-bond donors (Lipinski definition) is 0. The highest BCUT2D eigenvalue weighted by Crippen LogP contribution is 2.51. The van der Waals surface area contributed by atoms with Gasteiger partial charge in [0.1, 0.15) is 16.9 Å². The molecule has 1 aromatic rings. The van der Waals surface area contributed by atoms with E-state index in [4.69, 9.17) is 14.2 Å². The van der Waals surface area contributed by atoms with Gasteiger partial charge in [-0.15, -0.1) is 0 Å². The van der Waals surface area contributed by atoms with E-state index >= 15 is 0 Å². The molecule has 0 radical (unpaired) electrons. The van der Waals surface area contributed by atoms with Crippen molar-refractivity contribution in [2.24, 2.45) is 5.41 Å². The third-order valence-corrected chi connectivity index (χ3v) is 4.85. The highest BCUT2D eigenvalue weighted by molar-refractivity contribution is 5.85. The van der Waals surface area contributed by atoms with Gasteiger partial charge in [0.2, 0.25) is 0 Å². The van der Waals surface area contributed by atoms with Crippen molar-refractivity contribution in [2.45, 2.75) is 32.1 Å². The summed E-state index contributed by atoms with van der Waals surface area (Å²) in [6.07, 6.45) is 1.59. The number of ether oxygens (including phenoxy) is 3. The van der Waals surface area contributed by atoms with Crippen LogP contribution in [0.2, 0.25) is 0 Å². The maximum Gasteiger partial charge on any atom is 0.319 e. The van der Waals surface area contributed by atoms with Crippen molar-refractivity contribution in [1.82, 2.24) is 0 Å². The van der Waals surface area contributed by atoms with E-state index in [2.05, 4.69) is 0 Å². The van der Waals surface area contributed by atoms with Crippen molar-refractivity contribution in [3.8, 4) is 5.75 Å². The van der Waals surface area contributed by atoms with Crippen LogP contribution in [0, 0.1) is 5.41 Å². The lowest BCUT2D eigenvalue weighted by atomic mass is 9.70. The normalized spacial score (nSPS) is 26.6. The summed E-state index contributed by atoms with van der Waals surface area (Å²) < 4.78 is 15.5. The monoisotopic (exact) mass is 316 g/mol. The predicted octanol–water partition coefficient (Wildman–Crippen LogP) is 2.95. The molecule has 1 aliphatic carbocycles. The summed E-state index contributed by atoms with van der Waals surface area (Å²) in [6, 6.07) is 7.80. The SMILES string of the molecule is COC(=O)C1(C)CCC(c2ccc(OC)cc2)C2=C1OC(=O)C2. The molecule has 0 amide bonds. The number of benzene rings is 1. The molecule has 1 heterocycles. The van der Waals surface area contributed by atoms with Crippen LogP contribution in [-0.2, 0) is 19.1 Å². The molecule has 5 heteroatoms. The van der Waals surface area contributed by atoms with Crippen LogP contribution in [0.1, 0.15) is 37.7 Å². The first-order valence-corrected chi connectivity index (χ1v) is 7.66. The number of methoxy groups -OCH3 is 2. The Bertz CT molecular complexity index is 673. The molecule has 0 saturated heterocycles. The van der Waals surface area contributed by atoms with Crippen LogP contribution in [0.5, 0.6) is 5.75 Å². The second kappa shape index (κ2) is 5.72. The molecule has 5 nitrogen and oxygen atoms in total. The Balaban J connectivity index is 2.01. The molecule has 2 unspecified atom stereocenters. The third-order valence-electron chi connectivity index (χ3n) is 4.85. The van der Waals surface area contributed by atoms with Crippen LogP contribution in [0.15, 0.2) is 35.6 Å². The van der Waals surface area contributed by atoms with Gasteiger partial charge in [0, 0.05) is 5.92 Å². The van der Waals surface area contributed by atoms with E-state index in [1.807, 2.05) is 24.3 Å². The van der Waals surface area contributed by atoms with Crippen LogP contribution in [0.4, 0.5) is 0 Å². The van der Waals surface area contributed by atoms with Crippen molar-refractivity contribution >= 4 is 11.9 Å². The van der Waals surface area contributed by atoms with Crippen LogP contribution in [-0.4, -0.2) is 26.2 Å². The fraction of sp³-hybridized carbons (Fsp3) is 0.444. The molecule has 0 bridgehead atoms. The summed E-state index contributed by atoms with van der Waals surface area (Å²) in [7, 11) is 2.99. The highest BCUT2D eigenvalue weighted by atomic mass is 16.6. The summed E-state index contributed by atoms with van der Waals surface area (Å²) in [4.78, 5) is 24.0. The van der Waals surface area contributed by atoms with Crippen molar-refractivity contribution < 1.29 is 23.8 Å². The summed E-state index contributed by atoms with van der Waals surface area (Å²) in [6.45, 7) is 1.79. The second-order valence-electron chi connectivity index (χ2n) is 6.19. The molecule has 0 saturated carbocycles. The molecule has 1 aliphatic heterocycles. The first-order valence-electron chi connectivity index (χ1n) is 7.66. The third kappa shape index (κ3) is 2.50. The Kier molecular flexibility index (Phi) is 3.88. The van der Waals surface area contributed by atoms with Gasteiger partial charge in [-0.25, -0.2) is 0 Å². The van der Waals surface area contributed by atoms with E-state index in [0.29, 0.717) is 12.2 Å². The maximum atomic E-state index is 12.2. The molecule has 0 aromatic heterocycles. The molecule has 1 aromatic carbocycles. The van der Waals surface area contributed by atoms with E-state index in [9.17, 15) is 9.59 Å². The zero-order valence-electron chi connectivity index (χ0n) is 13.5. The van der Waals surface area contributed by atoms with Gasteiger partial charge in [-0.05, 0) is 43.0 Å². The van der Waals surface area contributed by atoms with E-state index in [0.717, 1.165) is 23.3 Å². The fourth-order valence-corrected chi connectivity index (χ4v) is 3.54. The minimum atomic E-state index is -0.876. The van der Waals surface area contributed by atoms with E-state index < -0.39 is 5.41 Å². The average molecular weight is 316 g/mol. The molecule has 23 heavy (non-hydrogen) atoms. The molecule has 2 aliphatic rings. The summed E-state index contributed by atoms with van der Waals surface area (Å²) in [5.74, 6) is 0.705. The largest absolute Gasteiger partial charge is 0.497 e. The lowest BCUT2D eigenvalue weighted by Crippen LogP contribution is -2.35. The Morgan fingerprint density at radius 3 is 2.57 bits per heavy atom. The van der Waals surface area contributed by atoms with Crippen molar-refractivity contribution in [1.29, 1.82) is 0 Å². The predicted molar refractivity (Wildman–Crippen MR) is 82.8 cm³/mol. The molecular formula is C18H20O5. The van der Waals surface area contributed by atoms with Gasteiger partial charge in [-0.1, -0.05) is 12.1 Å². The van der Waals surface area contributed by atoms with Crippen molar-refractivity contribution in [3.63, 3.8) is 0 Å². The van der Waals surface area contributed by atoms with Gasteiger partial charge in [0.05, 0.1) is 20.6 Å². The average Bonchev–Trinajstić information content (AvgIpc) is 2.97. The van der Waals surface area contributed by atoms with Crippen molar-refractivity contribution in [3.05, 3.63) is 41.2 Å². The summed E-state index contributed by atoms with van der Waals surface area (Å²) in [5, 5.41) is 0. The quantitative estimate of drug-likeness (QED) is 0.802. The van der Waals surface area contributed by atoms with Gasteiger partial charge >= 0.3 is 11.9 Å². The smallest absolute Gasteiger partial charge is 0.319 e. The Hall–Kier alpha value is -2.30. The Labute approximate surface area is 135 Å². The van der Waals surface area contributed by atoms with Gasteiger partial charge in [0.15, 0.2) is 0 Å². The topological polar surface area (TPSA) is 61.8 Å². The number of rotatable bonds is 3. The summed E-state index contributed by atoms with van der Waals surface area (Å²) >= 11 is 0. The van der Waals surface area contributed by atoms with Gasteiger partial charge in [0.25, 0.3) is 0 Å². The fourth-order valence-electron chi connectivity index (χ4n) is 3.54. The summed E-state index contributed by atoms with van der Waals surface area (Å²) in [5.41, 5.74) is 1.13. The van der Waals surface area contributed by atoms with E-state index in [1.165, 1.54) is 7.11 Å². The zero-order valence-corrected chi connectivity index (χ0v) is 13.5. The zero-order chi connectivity index (χ0) is 16.6. The van der Waals surface area contributed by atoms with Gasteiger partial charge in [-0.2, -0.15) is 0 Å². The van der Waals surface area contributed by atoms with Gasteiger partial charge in [-0.3, -0.25) is 9.59 Å². The molecule has 0 N–H and O–H groups in total. The maximum absolute atomic E-state index is 12.2. The first-order chi connectivity index (χ1) is 11.0. The molecular weight excluding hydrogens is 296 g/mol. The first kappa shape index (κ1) is 15.6. The number of hydrogen-bond acceptors (Lipinski definition) is 5. The van der Waals surface area contributed by atoms with Crippen LogP contribution >= 0.6 is 0 Å². The molecule has 3 rings (SSSR count). The van der Waals surface area contributed by atoms with Gasteiger partial charge < -0.3 is 14.2 Å². The lowest BCUT2D eigenvalue weighted by Gasteiger charge is -2.35. The molecule has 0 fully saturated rings. The van der Waals surface area contributed by atoms with E-state index in [1.54, 1.807) is 14.0 Å². The second-order valence-corrected chi connectivity index (χ2v) is 6.19. The Morgan fingerprint density at radius 1 is 1.26 bits per heavy atom. The lowest BCUT2D eigenvalue weighted by molar-refractivity contribution is -0.153. The molecule has 0 spiro atoms. The number of carbonyl (C=O) groups excluding carboxylic acids is 2. The van der Waals surface area contributed by atoms with E-state index in [-0.39, 0.29) is 24.3 Å². The standard InChI is InChI=1S/C18H20O5/c1-18(17(20)22-3)9-8-13(14-10-15(19)23-16(14)18)11-4-6-12(21-2)7-5-11/h4-7,13H,8-10H2,1-3H3. The Morgan fingerprint density at radius 2 is 1.96 bits per heavy atom. The molecule has 122 valence electrons. The number of carbonyl (C=O) groups is 2. The van der Waals surface area contributed by atoms with Crippen molar-refractivity contribution in [2.75, 3.05) is 14.2 Å². The minimum Gasteiger partial charge on any atom is -0.497 e. The molecule has 2 atom stereocenters. The van der Waals surface area contributed by atoms with Crippen LogP contribution in [0.3, 0.4) is 0 Å².